The largest absolute Gasteiger partial charge is 0.462 e. The first-order valence-electron chi connectivity index (χ1n) is 6.25. The number of hydrogen-bond donors (Lipinski definition) is 1. The maximum atomic E-state index is 12.9. The number of rotatable bonds is 4. The summed E-state index contributed by atoms with van der Waals surface area (Å²) in [7, 11) is 0. The molecule has 2 aromatic rings. The van der Waals surface area contributed by atoms with Gasteiger partial charge in [-0.2, -0.15) is 4.98 Å². The van der Waals surface area contributed by atoms with Gasteiger partial charge in [0.2, 0.25) is 0 Å². The van der Waals surface area contributed by atoms with Crippen molar-refractivity contribution in [2.45, 2.75) is 13.8 Å². The van der Waals surface area contributed by atoms with Gasteiger partial charge in [0.25, 0.3) is 0 Å². The van der Waals surface area contributed by atoms with Gasteiger partial charge in [-0.3, -0.25) is 0 Å². The van der Waals surface area contributed by atoms with Crippen molar-refractivity contribution in [1.29, 1.82) is 0 Å². The zero-order valence-corrected chi connectivity index (χ0v) is 11.6. The van der Waals surface area contributed by atoms with Crippen molar-refractivity contribution in [3.63, 3.8) is 0 Å². The molecule has 0 saturated carbocycles. The molecule has 0 fully saturated rings. The Balaban J connectivity index is 2.22. The molecule has 21 heavy (non-hydrogen) atoms. The number of aryl methyl sites for hydroxylation is 1. The molecule has 0 bridgehead atoms. The standard InChI is InChI=1S/C14H14FN3O3/c1-3-20-13(19)10-7-17-14(18-8(10)2)21-12-5-4-9(15)6-11(12)16/h4-7H,3,16H2,1-2H3. The van der Waals surface area contributed by atoms with Crippen LogP contribution in [0.25, 0.3) is 0 Å². The number of aromatic nitrogens is 2. The minimum absolute atomic E-state index is 0.0128. The van der Waals surface area contributed by atoms with Crippen LogP contribution in [0.2, 0.25) is 0 Å². The number of hydrogen-bond acceptors (Lipinski definition) is 6. The highest BCUT2D eigenvalue weighted by atomic mass is 19.1. The second kappa shape index (κ2) is 6.17. The monoisotopic (exact) mass is 291 g/mol. The SMILES string of the molecule is CCOC(=O)c1cnc(Oc2ccc(F)cc2N)nc1C. The number of anilines is 1. The Morgan fingerprint density at radius 3 is 2.81 bits per heavy atom. The van der Waals surface area contributed by atoms with Gasteiger partial charge < -0.3 is 15.2 Å². The summed E-state index contributed by atoms with van der Waals surface area (Å²) < 4.78 is 23.2. The molecule has 0 aliphatic carbocycles. The highest BCUT2D eigenvalue weighted by molar-refractivity contribution is 5.90. The van der Waals surface area contributed by atoms with Crippen LogP contribution in [-0.2, 0) is 4.74 Å². The number of carbonyl (C=O) groups excluding carboxylic acids is 1. The summed E-state index contributed by atoms with van der Waals surface area (Å²) in [5.74, 6) is -0.725. The molecule has 1 aromatic heterocycles. The van der Waals surface area contributed by atoms with Gasteiger partial charge in [0, 0.05) is 12.3 Å². The van der Waals surface area contributed by atoms with Crippen LogP contribution in [0, 0.1) is 12.7 Å². The van der Waals surface area contributed by atoms with Gasteiger partial charge in [-0.05, 0) is 26.0 Å². The van der Waals surface area contributed by atoms with E-state index in [0.717, 1.165) is 6.07 Å². The van der Waals surface area contributed by atoms with E-state index in [9.17, 15) is 9.18 Å². The summed E-state index contributed by atoms with van der Waals surface area (Å²) in [5.41, 5.74) is 6.44. The number of benzene rings is 1. The fourth-order valence-corrected chi connectivity index (χ4v) is 1.61. The van der Waals surface area contributed by atoms with Crippen LogP contribution in [-0.4, -0.2) is 22.5 Å². The number of nitrogen functional groups attached to an aromatic ring is 1. The van der Waals surface area contributed by atoms with Crippen LogP contribution >= 0.6 is 0 Å². The molecule has 0 aliphatic rings. The van der Waals surface area contributed by atoms with Crippen molar-refractivity contribution < 1.29 is 18.7 Å². The molecular formula is C14H14FN3O3. The number of esters is 1. The van der Waals surface area contributed by atoms with Crippen molar-refractivity contribution in [3.05, 3.63) is 41.5 Å². The number of nitrogens with two attached hydrogens (primary N) is 1. The van der Waals surface area contributed by atoms with Gasteiger partial charge >= 0.3 is 12.0 Å². The van der Waals surface area contributed by atoms with Gasteiger partial charge in [-0.15, -0.1) is 0 Å². The molecule has 2 N–H and O–H groups in total. The molecule has 2 rings (SSSR count). The maximum Gasteiger partial charge on any atom is 0.341 e. The molecule has 7 heteroatoms. The molecule has 1 aromatic carbocycles. The average Bonchev–Trinajstić information content (AvgIpc) is 2.42. The van der Waals surface area contributed by atoms with Gasteiger partial charge in [-0.1, -0.05) is 0 Å². The summed E-state index contributed by atoms with van der Waals surface area (Å²) >= 11 is 0. The van der Waals surface area contributed by atoms with Crippen LogP contribution in [0.3, 0.4) is 0 Å². The van der Waals surface area contributed by atoms with E-state index in [1.807, 2.05) is 0 Å². The minimum Gasteiger partial charge on any atom is -0.462 e. The summed E-state index contributed by atoms with van der Waals surface area (Å²) in [6.07, 6.45) is 1.31. The summed E-state index contributed by atoms with van der Waals surface area (Å²) in [5, 5.41) is 0. The van der Waals surface area contributed by atoms with Crippen LogP contribution < -0.4 is 10.5 Å². The number of ether oxygens (including phenoxy) is 2. The molecule has 0 spiro atoms. The fourth-order valence-electron chi connectivity index (χ4n) is 1.61. The Labute approximate surface area is 120 Å². The number of halogens is 1. The molecule has 1 heterocycles. The van der Waals surface area contributed by atoms with Crippen molar-refractivity contribution in [3.8, 4) is 11.8 Å². The summed E-state index contributed by atoms with van der Waals surface area (Å²) in [6, 6.07) is 3.74. The van der Waals surface area contributed by atoms with Crippen molar-refractivity contribution in [1.82, 2.24) is 9.97 Å². The lowest BCUT2D eigenvalue weighted by Crippen LogP contribution is -2.09. The Kier molecular flexibility index (Phi) is 4.32. The normalized spacial score (nSPS) is 10.2. The van der Waals surface area contributed by atoms with Crippen LogP contribution in [0.1, 0.15) is 23.0 Å². The highest BCUT2D eigenvalue weighted by Gasteiger charge is 2.14. The first-order valence-corrected chi connectivity index (χ1v) is 6.25. The van der Waals surface area contributed by atoms with Crippen molar-refractivity contribution >= 4 is 11.7 Å². The lowest BCUT2D eigenvalue weighted by molar-refractivity contribution is 0.0524. The molecular weight excluding hydrogens is 277 g/mol. The third-order valence-electron chi connectivity index (χ3n) is 2.63. The van der Waals surface area contributed by atoms with Crippen molar-refractivity contribution in [2.75, 3.05) is 12.3 Å². The summed E-state index contributed by atoms with van der Waals surface area (Å²) in [6.45, 7) is 3.61. The van der Waals surface area contributed by atoms with Gasteiger partial charge in [-0.25, -0.2) is 14.2 Å². The zero-order chi connectivity index (χ0) is 15.4. The molecule has 0 amide bonds. The van der Waals surface area contributed by atoms with Crippen LogP contribution in [0.4, 0.5) is 10.1 Å². The third kappa shape index (κ3) is 3.44. The zero-order valence-electron chi connectivity index (χ0n) is 11.6. The third-order valence-corrected chi connectivity index (χ3v) is 2.63. The van der Waals surface area contributed by atoms with E-state index >= 15 is 0 Å². The lowest BCUT2D eigenvalue weighted by Gasteiger charge is -2.09. The lowest BCUT2D eigenvalue weighted by atomic mass is 10.2. The van der Waals surface area contributed by atoms with Crippen LogP contribution in [0.5, 0.6) is 11.8 Å². The topological polar surface area (TPSA) is 87.3 Å². The Morgan fingerprint density at radius 2 is 2.19 bits per heavy atom. The predicted molar refractivity (Wildman–Crippen MR) is 73.6 cm³/mol. The summed E-state index contributed by atoms with van der Waals surface area (Å²) in [4.78, 5) is 19.6. The van der Waals surface area contributed by atoms with E-state index in [1.165, 1.54) is 18.3 Å². The number of nitrogens with zero attached hydrogens (tertiary/aromatic N) is 2. The van der Waals surface area contributed by atoms with Gasteiger partial charge in [0.1, 0.15) is 5.82 Å². The van der Waals surface area contributed by atoms with E-state index < -0.39 is 11.8 Å². The van der Waals surface area contributed by atoms with E-state index in [2.05, 4.69) is 9.97 Å². The van der Waals surface area contributed by atoms with E-state index in [1.54, 1.807) is 13.8 Å². The molecule has 6 nitrogen and oxygen atoms in total. The average molecular weight is 291 g/mol. The molecule has 0 saturated heterocycles. The van der Waals surface area contributed by atoms with E-state index in [4.69, 9.17) is 15.2 Å². The Bertz CT molecular complexity index is 677. The maximum absolute atomic E-state index is 12.9. The Hall–Kier alpha value is -2.70. The molecule has 0 atom stereocenters. The molecule has 0 aliphatic heterocycles. The first-order chi connectivity index (χ1) is 10.0. The number of carbonyl (C=O) groups is 1. The second-order valence-electron chi connectivity index (χ2n) is 4.16. The smallest absolute Gasteiger partial charge is 0.341 e. The Morgan fingerprint density at radius 1 is 1.43 bits per heavy atom. The molecule has 0 radical (unpaired) electrons. The quantitative estimate of drug-likeness (QED) is 0.687. The second-order valence-corrected chi connectivity index (χ2v) is 4.16. The molecule has 110 valence electrons. The molecule has 0 unspecified atom stereocenters. The minimum atomic E-state index is -0.497. The van der Waals surface area contributed by atoms with Crippen LogP contribution in [0.15, 0.2) is 24.4 Å². The van der Waals surface area contributed by atoms with E-state index in [-0.39, 0.29) is 29.6 Å². The predicted octanol–water partition coefficient (Wildman–Crippen LogP) is 2.48. The van der Waals surface area contributed by atoms with Crippen molar-refractivity contribution in [2.24, 2.45) is 0 Å². The van der Waals surface area contributed by atoms with Gasteiger partial charge in [0.15, 0.2) is 5.75 Å². The van der Waals surface area contributed by atoms with E-state index in [0.29, 0.717) is 5.69 Å². The van der Waals surface area contributed by atoms with Gasteiger partial charge in [0.05, 0.1) is 23.6 Å². The highest BCUT2D eigenvalue weighted by Crippen LogP contribution is 2.26. The first kappa shape index (κ1) is 14.7. The fraction of sp³-hybridized carbons (Fsp3) is 0.214.